The number of aryl methyl sites for hydroxylation is 3. The first-order valence-corrected chi connectivity index (χ1v) is 8.43. The van der Waals surface area contributed by atoms with Gasteiger partial charge in [-0.2, -0.15) is 5.10 Å². The summed E-state index contributed by atoms with van der Waals surface area (Å²) < 4.78 is 32.3. The van der Waals surface area contributed by atoms with Crippen molar-refractivity contribution in [3.05, 3.63) is 47.5 Å². The number of aromatic amines is 1. The van der Waals surface area contributed by atoms with E-state index in [2.05, 4.69) is 20.1 Å². The molecule has 0 amide bonds. The second-order valence-corrected chi connectivity index (χ2v) is 6.89. The van der Waals surface area contributed by atoms with Gasteiger partial charge in [0.15, 0.2) is 10.7 Å². The zero-order valence-corrected chi connectivity index (χ0v) is 13.7. The van der Waals surface area contributed by atoms with Gasteiger partial charge < -0.3 is 4.52 Å². The minimum absolute atomic E-state index is 0.0736. The molecule has 0 bridgehead atoms. The fourth-order valence-corrected chi connectivity index (χ4v) is 3.73. The maximum Gasteiger partial charge on any atom is 0.267 e. The second kappa shape index (κ2) is 5.54. The molecule has 0 aliphatic rings. The quantitative estimate of drug-likeness (QED) is 0.765. The summed E-state index contributed by atoms with van der Waals surface area (Å²) in [4.78, 5) is 0.0736. The van der Waals surface area contributed by atoms with E-state index in [4.69, 9.17) is 4.52 Å². The fraction of sp³-hybridized carbons (Fsp3) is 0.200. The summed E-state index contributed by atoms with van der Waals surface area (Å²) in [5.74, 6) is 0.263. The predicted octanol–water partition coefficient (Wildman–Crippen LogP) is 2.79. The van der Waals surface area contributed by atoms with Gasteiger partial charge in [0, 0.05) is 16.9 Å². The number of aromatic nitrogens is 3. The number of H-pyrrole nitrogens is 1. The molecule has 0 spiro atoms. The highest BCUT2D eigenvalue weighted by molar-refractivity contribution is 7.92. The van der Waals surface area contributed by atoms with Gasteiger partial charge in [0.2, 0.25) is 0 Å². The molecule has 2 heterocycles. The smallest absolute Gasteiger partial charge is 0.267 e. The molecular formula is C15H16N4O3S. The first kappa shape index (κ1) is 15.3. The lowest BCUT2D eigenvalue weighted by atomic mass is 10.1. The molecule has 0 aliphatic heterocycles. The fourth-order valence-electron chi connectivity index (χ4n) is 2.34. The van der Waals surface area contributed by atoms with E-state index in [1.807, 2.05) is 13.0 Å². The number of rotatable bonds is 4. The summed E-state index contributed by atoms with van der Waals surface area (Å²) in [5, 5.41) is 10.7. The van der Waals surface area contributed by atoms with E-state index < -0.39 is 10.0 Å². The molecule has 8 heteroatoms. The highest BCUT2D eigenvalue weighted by Crippen LogP contribution is 2.24. The third-order valence-electron chi connectivity index (χ3n) is 3.38. The summed E-state index contributed by atoms with van der Waals surface area (Å²) in [6, 6.07) is 8.91. The highest BCUT2D eigenvalue weighted by atomic mass is 32.2. The summed E-state index contributed by atoms with van der Waals surface area (Å²) in [7, 11) is -3.73. The Morgan fingerprint density at radius 2 is 1.83 bits per heavy atom. The molecule has 0 fully saturated rings. The van der Waals surface area contributed by atoms with E-state index in [0.29, 0.717) is 11.4 Å². The number of nitrogens with one attached hydrogen (secondary N) is 2. The maximum atomic E-state index is 12.4. The molecular weight excluding hydrogens is 316 g/mol. The molecule has 0 aliphatic carbocycles. The normalized spacial score (nSPS) is 11.6. The van der Waals surface area contributed by atoms with Crippen molar-refractivity contribution >= 4 is 15.7 Å². The van der Waals surface area contributed by atoms with E-state index >= 15 is 0 Å². The Labute approximate surface area is 133 Å². The Bertz CT molecular complexity index is 920. The zero-order valence-electron chi connectivity index (χ0n) is 12.9. The summed E-state index contributed by atoms with van der Waals surface area (Å²) in [6.07, 6.45) is 0. The molecule has 0 atom stereocenters. The average Bonchev–Trinajstić information content (AvgIpc) is 3.06. The minimum Gasteiger partial charge on any atom is -0.360 e. The molecule has 120 valence electrons. The predicted molar refractivity (Wildman–Crippen MR) is 85.5 cm³/mol. The van der Waals surface area contributed by atoms with Crippen LogP contribution in [0.4, 0.5) is 5.69 Å². The lowest BCUT2D eigenvalue weighted by Crippen LogP contribution is -2.14. The van der Waals surface area contributed by atoms with Crippen molar-refractivity contribution in [3.8, 4) is 11.3 Å². The number of hydrogen-bond donors (Lipinski definition) is 2. The van der Waals surface area contributed by atoms with Gasteiger partial charge in [-0.15, -0.1) is 0 Å². The molecule has 23 heavy (non-hydrogen) atoms. The van der Waals surface area contributed by atoms with Crippen LogP contribution in [0.2, 0.25) is 0 Å². The molecule has 3 aromatic rings. The molecule has 0 unspecified atom stereocenters. The molecule has 3 rings (SSSR count). The van der Waals surface area contributed by atoms with E-state index in [-0.39, 0.29) is 10.7 Å². The molecule has 1 aromatic carbocycles. The number of hydrogen-bond acceptors (Lipinski definition) is 5. The van der Waals surface area contributed by atoms with E-state index in [1.54, 1.807) is 38.1 Å². The van der Waals surface area contributed by atoms with Gasteiger partial charge in [-0.25, -0.2) is 8.42 Å². The third-order valence-corrected chi connectivity index (χ3v) is 5.00. The van der Waals surface area contributed by atoms with Crippen LogP contribution in [0.25, 0.3) is 11.3 Å². The SMILES string of the molecule is Cc1cc(-c2ccc(NS(=O)(=O)c3c(C)noc3C)cc2)n[nH]1. The van der Waals surface area contributed by atoms with Crippen LogP contribution in [0.3, 0.4) is 0 Å². The standard InChI is InChI=1S/C15H16N4O3S/c1-9-8-14(17-16-9)12-4-6-13(7-5-12)19-23(20,21)15-10(2)18-22-11(15)3/h4-8,19H,1-3H3,(H,16,17). The minimum atomic E-state index is -3.73. The van der Waals surface area contributed by atoms with Crippen molar-refractivity contribution in [1.82, 2.24) is 15.4 Å². The van der Waals surface area contributed by atoms with Crippen LogP contribution in [-0.2, 0) is 10.0 Å². The lowest BCUT2D eigenvalue weighted by Gasteiger charge is -2.08. The van der Waals surface area contributed by atoms with Gasteiger partial charge in [-0.05, 0) is 39.0 Å². The van der Waals surface area contributed by atoms with Crippen molar-refractivity contribution in [2.24, 2.45) is 0 Å². The lowest BCUT2D eigenvalue weighted by molar-refractivity contribution is 0.390. The van der Waals surface area contributed by atoms with Crippen LogP contribution in [0.15, 0.2) is 39.8 Å². The van der Waals surface area contributed by atoms with Gasteiger partial charge in [0.05, 0.1) is 5.69 Å². The first-order valence-electron chi connectivity index (χ1n) is 6.95. The number of sulfonamides is 1. The van der Waals surface area contributed by atoms with Crippen molar-refractivity contribution in [2.45, 2.75) is 25.7 Å². The summed E-state index contributed by atoms with van der Waals surface area (Å²) in [5.41, 5.74) is 3.46. The number of benzene rings is 1. The van der Waals surface area contributed by atoms with Gasteiger partial charge >= 0.3 is 0 Å². The molecule has 0 saturated heterocycles. The molecule has 0 saturated carbocycles. The van der Waals surface area contributed by atoms with Crippen LogP contribution >= 0.6 is 0 Å². The van der Waals surface area contributed by atoms with Gasteiger partial charge in [0.25, 0.3) is 10.0 Å². The Morgan fingerprint density at radius 3 is 2.35 bits per heavy atom. The highest BCUT2D eigenvalue weighted by Gasteiger charge is 2.24. The van der Waals surface area contributed by atoms with Crippen LogP contribution in [0.1, 0.15) is 17.1 Å². The zero-order chi connectivity index (χ0) is 16.6. The van der Waals surface area contributed by atoms with Crippen LogP contribution in [0, 0.1) is 20.8 Å². The maximum absolute atomic E-state index is 12.4. The van der Waals surface area contributed by atoms with Crippen LogP contribution in [0.5, 0.6) is 0 Å². The average molecular weight is 332 g/mol. The Hall–Kier alpha value is -2.61. The summed E-state index contributed by atoms with van der Waals surface area (Å²) in [6.45, 7) is 5.08. The molecule has 2 N–H and O–H groups in total. The Kier molecular flexibility index (Phi) is 3.69. The molecule has 2 aromatic heterocycles. The van der Waals surface area contributed by atoms with Gasteiger partial charge in [0.1, 0.15) is 5.69 Å². The van der Waals surface area contributed by atoms with Gasteiger partial charge in [-0.3, -0.25) is 9.82 Å². The van der Waals surface area contributed by atoms with E-state index in [1.165, 1.54) is 0 Å². The van der Waals surface area contributed by atoms with E-state index in [9.17, 15) is 8.42 Å². The number of nitrogens with zero attached hydrogens (tertiary/aromatic N) is 2. The van der Waals surface area contributed by atoms with Crippen LogP contribution in [-0.4, -0.2) is 23.8 Å². The van der Waals surface area contributed by atoms with Crippen molar-refractivity contribution in [1.29, 1.82) is 0 Å². The Balaban J connectivity index is 1.86. The second-order valence-electron chi connectivity index (χ2n) is 5.27. The van der Waals surface area contributed by atoms with Gasteiger partial charge in [-0.1, -0.05) is 17.3 Å². The third kappa shape index (κ3) is 2.98. The monoisotopic (exact) mass is 332 g/mol. The summed E-state index contributed by atoms with van der Waals surface area (Å²) >= 11 is 0. The van der Waals surface area contributed by atoms with Crippen molar-refractivity contribution < 1.29 is 12.9 Å². The topological polar surface area (TPSA) is 101 Å². The number of anilines is 1. The van der Waals surface area contributed by atoms with Crippen molar-refractivity contribution in [2.75, 3.05) is 4.72 Å². The van der Waals surface area contributed by atoms with Crippen LogP contribution < -0.4 is 4.72 Å². The molecule has 0 radical (unpaired) electrons. The first-order chi connectivity index (χ1) is 10.9. The molecule has 7 nitrogen and oxygen atoms in total. The van der Waals surface area contributed by atoms with Crippen molar-refractivity contribution in [3.63, 3.8) is 0 Å². The Morgan fingerprint density at radius 1 is 1.13 bits per heavy atom. The van der Waals surface area contributed by atoms with E-state index in [0.717, 1.165) is 17.0 Å². The largest absolute Gasteiger partial charge is 0.360 e.